The van der Waals surface area contributed by atoms with E-state index in [0.717, 1.165) is 35.3 Å². The number of fused-ring (bicyclic) bond motifs is 1. The van der Waals surface area contributed by atoms with Gasteiger partial charge < -0.3 is 15.7 Å². The Kier molecular flexibility index (Phi) is 5.50. The summed E-state index contributed by atoms with van der Waals surface area (Å²) in [6.07, 6.45) is 0.919. The van der Waals surface area contributed by atoms with E-state index in [1.54, 1.807) is 0 Å². The molecule has 0 bridgehead atoms. The van der Waals surface area contributed by atoms with Gasteiger partial charge in [0.25, 0.3) is 5.91 Å². The first-order chi connectivity index (χ1) is 14.8. The number of aromatic nitrogens is 2. The van der Waals surface area contributed by atoms with Gasteiger partial charge in [-0.15, -0.1) is 0 Å². The molecule has 0 fully saturated rings. The highest BCUT2D eigenvalue weighted by Gasteiger charge is 2.29. The molecule has 2 heterocycles. The lowest BCUT2D eigenvalue weighted by Crippen LogP contribution is -2.23. The zero-order valence-corrected chi connectivity index (χ0v) is 17.9. The lowest BCUT2D eigenvalue weighted by atomic mass is 9.98. The number of benzene rings is 2. The van der Waals surface area contributed by atoms with Crippen molar-refractivity contribution in [3.63, 3.8) is 0 Å². The molecular weight excluding hydrogens is 392 g/mol. The third-order valence-corrected chi connectivity index (χ3v) is 5.73. The average Bonchev–Trinajstić information content (AvgIpc) is 3.15. The van der Waals surface area contributed by atoms with E-state index in [0.29, 0.717) is 23.5 Å². The van der Waals surface area contributed by atoms with Gasteiger partial charge in [-0.2, -0.15) is 5.10 Å². The van der Waals surface area contributed by atoms with Crippen molar-refractivity contribution < 1.29 is 14.7 Å². The molecule has 1 amide bonds. The van der Waals surface area contributed by atoms with Crippen LogP contribution in [0, 0.1) is 13.8 Å². The first kappa shape index (κ1) is 20.7. The monoisotopic (exact) mass is 418 g/mol. The lowest BCUT2D eigenvalue weighted by molar-refractivity contribution is 0.0687. The van der Waals surface area contributed by atoms with E-state index in [1.165, 1.54) is 4.68 Å². The lowest BCUT2D eigenvalue weighted by Gasteiger charge is -2.18. The van der Waals surface area contributed by atoms with Gasteiger partial charge in [0.15, 0.2) is 5.69 Å². The van der Waals surface area contributed by atoms with Gasteiger partial charge >= 0.3 is 5.97 Å². The Hall–Kier alpha value is -3.61. The van der Waals surface area contributed by atoms with Crippen LogP contribution < -0.4 is 10.6 Å². The Labute approximate surface area is 181 Å². The van der Waals surface area contributed by atoms with Crippen LogP contribution in [0.4, 0.5) is 5.69 Å². The predicted octanol–water partition coefficient (Wildman–Crippen LogP) is 4.04. The van der Waals surface area contributed by atoms with Gasteiger partial charge in [0.05, 0.1) is 17.1 Å². The Balaban J connectivity index is 1.53. The topological polar surface area (TPSA) is 96.2 Å². The molecule has 2 aromatic carbocycles. The fraction of sp³-hybridized carbons (Fsp3) is 0.292. The summed E-state index contributed by atoms with van der Waals surface area (Å²) in [4.78, 5) is 24.5. The first-order valence-corrected chi connectivity index (χ1v) is 10.4. The van der Waals surface area contributed by atoms with Crippen LogP contribution in [-0.2, 0) is 6.54 Å². The number of carbonyl (C=O) groups is 2. The van der Waals surface area contributed by atoms with Crippen LogP contribution >= 0.6 is 0 Å². The van der Waals surface area contributed by atoms with Gasteiger partial charge in [-0.05, 0) is 49.6 Å². The third-order valence-electron chi connectivity index (χ3n) is 5.73. The molecule has 3 aromatic rings. The normalized spacial score (nSPS) is 15.1. The smallest absolute Gasteiger partial charge is 0.356 e. The van der Waals surface area contributed by atoms with E-state index in [9.17, 15) is 14.7 Å². The molecule has 160 valence electrons. The summed E-state index contributed by atoms with van der Waals surface area (Å²) in [5, 5.41) is 20.5. The van der Waals surface area contributed by atoms with Crippen LogP contribution in [0.5, 0.6) is 0 Å². The quantitative estimate of drug-likeness (QED) is 0.581. The second-order valence-corrected chi connectivity index (χ2v) is 8.11. The van der Waals surface area contributed by atoms with E-state index in [-0.39, 0.29) is 17.5 Å². The van der Waals surface area contributed by atoms with Crippen molar-refractivity contribution in [3.8, 4) is 5.69 Å². The summed E-state index contributed by atoms with van der Waals surface area (Å²) < 4.78 is 1.49. The summed E-state index contributed by atoms with van der Waals surface area (Å²) in [5.41, 5.74) is 5.78. The molecule has 1 aromatic heterocycles. The molecule has 4 rings (SSSR count). The summed E-state index contributed by atoms with van der Waals surface area (Å²) in [5.74, 6) is -0.923. The number of aryl methyl sites for hydroxylation is 2. The molecule has 1 aliphatic heterocycles. The number of hydrogen-bond acceptors (Lipinski definition) is 4. The van der Waals surface area contributed by atoms with E-state index in [1.807, 2.05) is 56.3 Å². The highest BCUT2D eigenvalue weighted by molar-refractivity contribution is 5.96. The molecule has 0 saturated heterocycles. The van der Waals surface area contributed by atoms with Gasteiger partial charge in [0.1, 0.15) is 0 Å². The maximum Gasteiger partial charge on any atom is 0.356 e. The van der Waals surface area contributed by atoms with Crippen molar-refractivity contribution in [1.82, 2.24) is 15.1 Å². The minimum atomic E-state index is -1.01. The van der Waals surface area contributed by atoms with Gasteiger partial charge in [-0.3, -0.25) is 4.79 Å². The van der Waals surface area contributed by atoms with E-state index in [2.05, 4.69) is 22.7 Å². The van der Waals surface area contributed by atoms with Gasteiger partial charge in [0.2, 0.25) is 0 Å². The summed E-state index contributed by atoms with van der Waals surface area (Å²) in [6, 6.07) is 13.2. The third kappa shape index (κ3) is 4.03. The second-order valence-electron chi connectivity index (χ2n) is 8.11. The number of hydrogen-bond donors (Lipinski definition) is 3. The fourth-order valence-corrected chi connectivity index (χ4v) is 3.90. The van der Waals surface area contributed by atoms with Crippen molar-refractivity contribution in [3.05, 3.63) is 76.1 Å². The van der Waals surface area contributed by atoms with E-state index in [4.69, 9.17) is 0 Å². The van der Waals surface area contributed by atoms with Crippen LogP contribution in [0.2, 0.25) is 0 Å². The molecule has 0 saturated carbocycles. The van der Waals surface area contributed by atoms with Crippen LogP contribution in [0.1, 0.15) is 62.5 Å². The van der Waals surface area contributed by atoms with Crippen molar-refractivity contribution in [2.75, 3.05) is 11.9 Å². The highest BCUT2D eigenvalue weighted by Crippen LogP contribution is 2.34. The zero-order chi connectivity index (χ0) is 22.1. The Morgan fingerprint density at radius 3 is 2.65 bits per heavy atom. The standard InChI is InChI=1S/C24H26N4O3/c1-14-4-5-15(2)19(12-14)23(29)26-13-17-6-8-18(9-7-17)28-22(24(30)31)21-20(27-28)16(3)10-11-25-21/h4-9,12,16,25H,10-11,13H2,1-3H3,(H,26,29)(H,30,31). The number of anilines is 1. The Bertz CT molecular complexity index is 1150. The zero-order valence-electron chi connectivity index (χ0n) is 17.9. The van der Waals surface area contributed by atoms with Crippen molar-refractivity contribution in [2.24, 2.45) is 0 Å². The van der Waals surface area contributed by atoms with E-state index >= 15 is 0 Å². The predicted molar refractivity (Wildman–Crippen MR) is 119 cm³/mol. The number of aromatic carboxylic acids is 1. The number of nitrogens with one attached hydrogen (secondary N) is 2. The molecule has 1 atom stereocenters. The van der Waals surface area contributed by atoms with Crippen molar-refractivity contribution in [1.29, 1.82) is 0 Å². The maximum absolute atomic E-state index is 12.5. The minimum absolute atomic E-state index is 0.113. The maximum atomic E-state index is 12.5. The molecule has 31 heavy (non-hydrogen) atoms. The van der Waals surface area contributed by atoms with Gasteiger partial charge in [-0.1, -0.05) is 36.8 Å². The van der Waals surface area contributed by atoms with Gasteiger partial charge in [0, 0.05) is 24.6 Å². The van der Waals surface area contributed by atoms with Crippen LogP contribution in [-0.4, -0.2) is 33.3 Å². The number of carboxylic acid groups (broad SMARTS) is 1. The molecule has 0 spiro atoms. The summed E-state index contributed by atoms with van der Waals surface area (Å²) >= 11 is 0. The molecule has 0 aliphatic carbocycles. The number of carboxylic acids is 1. The minimum Gasteiger partial charge on any atom is -0.476 e. The Morgan fingerprint density at radius 1 is 1.19 bits per heavy atom. The highest BCUT2D eigenvalue weighted by atomic mass is 16.4. The number of nitrogens with zero attached hydrogens (tertiary/aromatic N) is 2. The fourth-order valence-electron chi connectivity index (χ4n) is 3.90. The van der Waals surface area contributed by atoms with Crippen LogP contribution in [0.3, 0.4) is 0 Å². The molecular formula is C24H26N4O3. The number of rotatable bonds is 5. The van der Waals surface area contributed by atoms with Gasteiger partial charge in [-0.25, -0.2) is 9.48 Å². The van der Waals surface area contributed by atoms with Crippen molar-refractivity contribution in [2.45, 2.75) is 39.7 Å². The first-order valence-electron chi connectivity index (χ1n) is 10.4. The molecule has 1 unspecified atom stereocenters. The number of amides is 1. The molecule has 7 nitrogen and oxygen atoms in total. The largest absolute Gasteiger partial charge is 0.476 e. The second kappa shape index (κ2) is 8.26. The molecule has 1 aliphatic rings. The average molecular weight is 418 g/mol. The van der Waals surface area contributed by atoms with E-state index < -0.39 is 5.97 Å². The van der Waals surface area contributed by atoms with Crippen LogP contribution in [0.15, 0.2) is 42.5 Å². The molecule has 7 heteroatoms. The molecule has 0 radical (unpaired) electrons. The summed E-state index contributed by atoms with van der Waals surface area (Å²) in [7, 11) is 0. The molecule has 3 N–H and O–H groups in total. The Morgan fingerprint density at radius 2 is 1.94 bits per heavy atom. The number of carbonyl (C=O) groups excluding carboxylic acids is 1. The summed E-state index contributed by atoms with van der Waals surface area (Å²) in [6.45, 7) is 7.06. The van der Waals surface area contributed by atoms with Crippen molar-refractivity contribution >= 4 is 17.6 Å². The SMILES string of the molecule is Cc1ccc(C)c(C(=O)NCc2ccc(-n3nc4c(c3C(=O)O)NCCC4C)cc2)c1. The van der Waals surface area contributed by atoms with Crippen LogP contribution in [0.25, 0.3) is 5.69 Å².